The lowest BCUT2D eigenvalue weighted by molar-refractivity contribution is 1.60. The van der Waals surface area contributed by atoms with Gasteiger partial charge in [0, 0.05) is 0 Å². The fourth-order valence-electron chi connectivity index (χ4n) is 10.6. The minimum absolute atomic E-state index is 1.23. The third kappa shape index (κ3) is 4.29. The van der Waals surface area contributed by atoms with Gasteiger partial charge in [-0.3, -0.25) is 0 Å². The van der Waals surface area contributed by atoms with Crippen molar-refractivity contribution in [1.82, 2.24) is 0 Å². The van der Waals surface area contributed by atoms with Crippen molar-refractivity contribution in [2.45, 2.75) is 0 Å². The highest BCUT2D eigenvalue weighted by Gasteiger charge is 2.27. The normalized spacial score (nSPS) is 12.1. The molecule has 0 nitrogen and oxygen atoms in total. The molecule has 0 aliphatic heterocycles. The average Bonchev–Trinajstić information content (AvgIpc) is 3.80. The molecule has 0 aliphatic rings. The lowest BCUT2D eigenvalue weighted by Crippen LogP contribution is -1.91. The van der Waals surface area contributed by atoms with Crippen molar-refractivity contribution in [3.05, 3.63) is 206 Å². The van der Waals surface area contributed by atoms with Crippen LogP contribution in [0.5, 0.6) is 0 Å². The zero-order valence-corrected chi connectivity index (χ0v) is 31.6. The topological polar surface area (TPSA) is 0 Å². The van der Waals surface area contributed by atoms with E-state index in [-0.39, 0.29) is 0 Å². The molecular weight excluding hydrogens is 697 g/mol. The van der Waals surface area contributed by atoms with Gasteiger partial charge in [0.25, 0.3) is 0 Å². The Kier molecular flexibility index (Phi) is 6.54. The maximum absolute atomic E-state index is 2.53. The molecule has 13 aromatic rings. The molecule has 0 bridgehead atoms. The van der Waals surface area contributed by atoms with Crippen LogP contribution < -0.4 is 0 Å². The molecule has 0 amide bonds. The second kappa shape index (κ2) is 12.0. The van der Waals surface area contributed by atoms with Crippen LogP contribution in [-0.2, 0) is 0 Å². The molecule has 13 rings (SSSR count). The zero-order valence-electron chi connectivity index (χ0n) is 31.6. The SMILES string of the molecule is c1ccc(-c2ccccc2-c2ccc3c(c2)cc2c4c(-c5ccccc5)c5c(cc6c7ccccc7c7cccc5c76)c(-c5ccccc5)c4c4cccc3c42)cc1. The van der Waals surface area contributed by atoms with Gasteiger partial charge in [-0.25, -0.2) is 0 Å². The Morgan fingerprint density at radius 2 is 0.672 bits per heavy atom. The van der Waals surface area contributed by atoms with Crippen LogP contribution in [-0.4, -0.2) is 0 Å². The third-order valence-corrected chi connectivity index (χ3v) is 12.9. The predicted molar refractivity (Wildman–Crippen MR) is 251 cm³/mol. The van der Waals surface area contributed by atoms with E-state index in [4.69, 9.17) is 0 Å². The summed E-state index contributed by atoms with van der Waals surface area (Å²) in [6.07, 6.45) is 0. The standard InChI is InChI=1S/C58H34/c1-4-16-35(17-5-1)40-22-10-11-23-41(40)38-30-31-42-39(32-38)33-50-55-45(42)26-14-29-48(55)57-52(36-18-6-2-7-19-36)51-34-49-44-25-13-12-24-43(44)46-27-15-28-47(54(46)49)56(51)53(58(50)57)37-20-8-3-9-21-37/h1-34H. The highest BCUT2D eigenvalue weighted by molar-refractivity contribution is 6.46. The summed E-state index contributed by atoms with van der Waals surface area (Å²) in [5.41, 5.74) is 10.0. The maximum Gasteiger partial charge on any atom is -0.000697 e. The maximum atomic E-state index is 2.53. The molecule has 0 heteroatoms. The molecule has 0 saturated carbocycles. The van der Waals surface area contributed by atoms with E-state index in [1.807, 2.05) is 0 Å². The summed E-state index contributed by atoms with van der Waals surface area (Å²) in [4.78, 5) is 0. The van der Waals surface area contributed by atoms with Crippen LogP contribution in [0.2, 0.25) is 0 Å². The molecule has 0 unspecified atom stereocenters. The molecule has 58 heavy (non-hydrogen) atoms. The first-order chi connectivity index (χ1) is 28.8. The first-order valence-corrected chi connectivity index (χ1v) is 20.3. The van der Waals surface area contributed by atoms with Gasteiger partial charge < -0.3 is 0 Å². The second-order valence-corrected chi connectivity index (χ2v) is 15.9. The number of hydrogen-bond acceptors (Lipinski definition) is 0. The van der Waals surface area contributed by atoms with E-state index in [0.717, 1.165) is 0 Å². The quantitative estimate of drug-likeness (QED) is 0.158. The summed E-state index contributed by atoms with van der Waals surface area (Å²) in [7, 11) is 0. The smallest absolute Gasteiger partial charge is 0.000697 e. The molecule has 13 aromatic carbocycles. The van der Waals surface area contributed by atoms with Gasteiger partial charge in [0.05, 0.1) is 0 Å². The summed E-state index contributed by atoms with van der Waals surface area (Å²) in [6, 6.07) is 76.9. The van der Waals surface area contributed by atoms with Crippen molar-refractivity contribution in [2.24, 2.45) is 0 Å². The number of rotatable bonds is 4. The highest BCUT2D eigenvalue weighted by atomic mass is 14.3. The fourth-order valence-corrected chi connectivity index (χ4v) is 10.6. The van der Waals surface area contributed by atoms with Gasteiger partial charge in [-0.2, -0.15) is 0 Å². The van der Waals surface area contributed by atoms with Crippen LogP contribution in [0.15, 0.2) is 206 Å². The van der Waals surface area contributed by atoms with Crippen LogP contribution in [0.4, 0.5) is 0 Å². The molecule has 0 spiro atoms. The van der Waals surface area contributed by atoms with Gasteiger partial charge in [-0.15, -0.1) is 0 Å². The Labute approximate surface area is 335 Å². The van der Waals surface area contributed by atoms with Crippen molar-refractivity contribution in [2.75, 3.05) is 0 Å². The molecule has 0 atom stereocenters. The molecule has 0 N–H and O–H groups in total. The summed E-state index contributed by atoms with van der Waals surface area (Å²) in [5.74, 6) is 0. The Balaban J connectivity index is 1.26. The molecule has 0 aromatic heterocycles. The Morgan fingerprint density at radius 1 is 0.190 bits per heavy atom. The Hall–Kier alpha value is -7.54. The van der Waals surface area contributed by atoms with Gasteiger partial charge in [0.2, 0.25) is 0 Å². The van der Waals surface area contributed by atoms with Gasteiger partial charge >= 0.3 is 0 Å². The zero-order chi connectivity index (χ0) is 37.9. The van der Waals surface area contributed by atoms with Crippen molar-refractivity contribution >= 4 is 86.2 Å². The van der Waals surface area contributed by atoms with Crippen molar-refractivity contribution in [1.29, 1.82) is 0 Å². The number of benzene rings is 11. The first kappa shape index (κ1) is 31.6. The highest BCUT2D eigenvalue weighted by Crippen LogP contribution is 2.55. The fraction of sp³-hybridized carbons (Fsp3) is 0. The van der Waals surface area contributed by atoms with Gasteiger partial charge in [-0.1, -0.05) is 188 Å². The van der Waals surface area contributed by atoms with E-state index in [9.17, 15) is 0 Å². The summed E-state index contributed by atoms with van der Waals surface area (Å²) < 4.78 is 0. The summed E-state index contributed by atoms with van der Waals surface area (Å²) in [6.45, 7) is 0. The minimum atomic E-state index is 1.23. The van der Waals surface area contributed by atoms with Crippen LogP contribution in [0, 0.1) is 0 Å². The van der Waals surface area contributed by atoms with Crippen LogP contribution in [0.25, 0.3) is 131 Å². The largest absolute Gasteiger partial charge is 0.0622 e. The molecule has 0 radical (unpaired) electrons. The van der Waals surface area contributed by atoms with Crippen molar-refractivity contribution in [3.8, 4) is 44.5 Å². The van der Waals surface area contributed by atoms with Crippen LogP contribution in [0.1, 0.15) is 0 Å². The van der Waals surface area contributed by atoms with E-state index in [1.54, 1.807) is 0 Å². The predicted octanol–water partition coefficient (Wildman–Crippen LogP) is 16.5. The Bertz CT molecular complexity index is 3750. The minimum Gasteiger partial charge on any atom is -0.0622 e. The third-order valence-electron chi connectivity index (χ3n) is 12.9. The van der Waals surface area contributed by atoms with Crippen LogP contribution >= 0.6 is 0 Å². The van der Waals surface area contributed by atoms with Gasteiger partial charge in [-0.05, 0) is 149 Å². The summed E-state index contributed by atoms with van der Waals surface area (Å²) >= 11 is 0. The van der Waals surface area contributed by atoms with E-state index in [0.29, 0.717) is 0 Å². The van der Waals surface area contributed by atoms with Gasteiger partial charge in [0.15, 0.2) is 0 Å². The van der Waals surface area contributed by atoms with Crippen molar-refractivity contribution < 1.29 is 0 Å². The molecule has 0 fully saturated rings. The number of fused-ring (bicyclic) bond motifs is 10. The van der Waals surface area contributed by atoms with Crippen molar-refractivity contribution in [3.63, 3.8) is 0 Å². The monoisotopic (exact) mass is 730 g/mol. The van der Waals surface area contributed by atoms with E-state index < -0.39 is 0 Å². The molecular formula is C58H34. The first-order valence-electron chi connectivity index (χ1n) is 20.3. The van der Waals surface area contributed by atoms with E-state index in [2.05, 4.69) is 206 Å². The molecule has 0 aliphatic carbocycles. The number of hydrogen-bond donors (Lipinski definition) is 0. The Morgan fingerprint density at radius 3 is 1.36 bits per heavy atom. The average molecular weight is 731 g/mol. The van der Waals surface area contributed by atoms with E-state index >= 15 is 0 Å². The summed E-state index contributed by atoms with van der Waals surface area (Å²) in [5, 5.41) is 21.0. The van der Waals surface area contributed by atoms with Gasteiger partial charge in [0.1, 0.15) is 0 Å². The lowest BCUT2D eigenvalue weighted by atomic mass is 9.83. The molecule has 0 heterocycles. The van der Waals surface area contributed by atoms with E-state index in [1.165, 1.54) is 131 Å². The molecule has 266 valence electrons. The second-order valence-electron chi connectivity index (χ2n) is 15.9. The molecule has 0 saturated heterocycles. The lowest BCUT2D eigenvalue weighted by Gasteiger charge is -2.19. The van der Waals surface area contributed by atoms with Crippen LogP contribution in [0.3, 0.4) is 0 Å².